The zero-order valence-corrected chi connectivity index (χ0v) is 12.0. The van der Waals surface area contributed by atoms with E-state index in [9.17, 15) is 8.42 Å². The summed E-state index contributed by atoms with van der Waals surface area (Å²) in [6.07, 6.45) is 1.49. The van der Waals surface area contributed by atoms with E-state index in [4.69, 9.17) is 10.9 Å². The Morgan fingerprint density at radius 3 is 2.78 bits per heavy atom. The molecule has 18 heavy (non-hydrogen) atoms. The number of rotatable bonds is 5. The lowest BCUT2D eigenvalue weighted by atomic mass is 10.2. The Morgan fingerprint density at radius 1 is 1.72 bits per heavy atom. The predicted octanol–water partition coefficient (Wildman–Crippen LogP) is 0.597. The number of nitrogens with zero attached hydrogens (tertiary/aromatic N) is 3. The lowest BCUT2D eigenvalue weighted by Gasteiger charge is -2.22. The molecule has 7 nitrogen and oxygen atoms in total. The average Bonchev–Trinajstić information content (AvgIpc) is 2.75. The Bertz CT molecular complexity index is 538. The fraction of sp³-hybridized carbons (Fsp3) is 0.556. The SMILES string of the molecule is Cc1ncc(S(=O)(=O)N(C)C(C)CC(N)=NO)s1. The second-order valence-corrected chi connectivity index (χ2v) is 7.32. The highest BCUT2D eigenvalue weighted by Gasteiger charge is 2.27. The molecule has 0 aliphatic heterocycles. The highest BCUT2D eigenvalue weighted by Crippen LogP contribution is 2.23. The van der Waals surface area contributed by atoms with Crippen molar-refractivity contribution in [1.82, 2.24) is 9.29 Å². The minimum atomic E-state index is -3.57. The number of aryl methyl sites for hydroxylation is 1. The molecule has 0 saturated heterocycles. The van der Waals surface area contributed by atoms with Crippen LogP contribution in [-0.4, -0.2) is 41.8 Å². The number of amidine groups is 1. The maximum absolute atomic E-state index is 12.2. The van der Waals surface area contributed by atoms with Crippen LogP contribution in [0.3, 0.4) is 0 Å². The Kier molecular flexibility index (Phi) is 4.65. The Labute approximate surface area is 110 Å². The van der Waals surface area contributed by atoms with E-state index in [0.29, 0.717) is 5.01 Å². The normalized spacial score (nSPS) is 15.0. The number of thiazole rings is 1. The molecule has 0 fully saturated rings. The van der Waals surface area contributed by atoms with Crippen molar-refractivity contribution in [2.75, 3.05) is 7.05 Å². The van der Waals surface area contributed by atoms with Gasteiger partial charge < -0.3 is 10.9 Å². The lowest BCUT2D eigenvalue weighted by molar-refractivity contribution is 0.313. The van der Waals surface area contributed by atoms with E-state index in [2.05, 4.69) is 10.1 Å². The third-order valence-electron chi connectivity index (χ3n) is 2.49. The smallest absolute Gasteiger partial charge is 0.254 e. The first-order valence-electron chi connectivity index (χ1n) is 5.16. The first-order valence-corrected chi connectivity index (χ1v) is 7.41. The summed E-state index contributed by atoms with van der Waals surface area (Å²) in [7, 11) is -2.12. The molecule has 9 heteroatoms. The van der Waals surface area contributed by atoms with Gasteiger partial charge in [-0.1, -0.05) is 5.16 Å². The standard InChI is InChI=1S/C9H16N4O3S2/c1-6(4-8(10)12-14)13(3)18(15,16)9-5-11-7(2)17-9/h5-6,14H,4H2,1-3H3,(H2,10,12). The minimum Gasteiger partial charge on any atom is -0.409 e. The van der Waals surface area contributed by atoms with Gasteiger partial charge in [0.05, 0.1) is 11.2 Å². The van der Waals surface area contributed by atoms with E-state index in [-0.39, 0.29) is 16.5 Å². The molecule has 0 aliphatic carbocycles. The van der Waals surface area contributed by atoms with Crippen molar-refractivity contribution in [3.8, 4) is 0 Å². The number of sulfonamides is 1. The molecule has 1 unspecified atom stereocenters. The van der Waals surface area contributed by atoms with Crippen molar-refractivity contribution in [3.05, 3.63) is 11.2 Å². The van der Waals surface area contributed by atoms with E-state index in [0.717, 1.165) is 11.3 Å². The van der Waals surface area contributed by atoms with Gasteiger partial charge in [-0.15, -0.1) is 11.3 Å². The van der Waals surface area contributed by atoms with E-state index < -0.39 is 16.1 Å². The van der Waals surface area contributed by atoms with Gasteiger partial charge >= 0.3 is 0 Å². The van der Waals surface area contributed by atoms with Gasteiger partial charge in [0.1, 0.15) is 5.84 Å². The van der Waals surface area contributed by atoms with E-state index in [1.807, 2.05) is 0 Å². The molecular formula is C9H16N4O3S2. The van der Waals surface area contributed by atoms with Crippen LogP contribution in [0.4, 0.5) is 0 Å². The van der Waals surface area contributed by atoms with Crippen LogP contribution in [0.25, 0.3) is 0 Å². The van der Waals surface area contributed by atoms with Crippen LogP contribution >= 0.6 is 11.3 Å². The summed E-state index contributed by atoms with van der Waals surface area (Å²) in [6, 6.07) is -0.409. The first-order chi connectivity index (χ1) is 8.28. The molecule has 3 N–H and O–H groups in total. The average molecular weight is 292 g/mol. The molecule has 0 aromatic carbocycles. The summed E-state index contributed by atoms with van der Waals surface area (Å²) in [5.41, 5.74) is 5.37. The zero-order valence-electron chi connectivity index (χ0n) is 10.4. The van der Waals surface area contributed by atoms with Gasteiger partial charge in [0.25, 0.3) is 10.0 Å². The molecule has 0 aliphatic rings. The number of hydrogen-bond acceptors (Lipinski definition) is 6. The largest absolute Gasteiger partial charge is 0.409 e. The van der Waals surface area contributed by atoms with Crippen LogP contribution in [0.2, 0.25) is 0 Å². The minimum absolute atomic E-state index is 0.00923. The van der Waals surface area contributed by atoms with Crippen LogP contribution in [0.1, 0.15) is 18.4 Å². The van der Waals surface area contributed by atoms with Gasteiger partial charge in [0.2, 0.25) is 0 Å². The van der Waals surface area contributed by atoms with Crippen LogP contribution < -0.4 is 5.73 Å². The van der Waals surface area contributed by atoms with Gasteiger partial charge in [-0.3, -0.25) is 0 Å². The summed E-state index contributed by atoms with van der Waals surface area (Å²) in [4.78, 5) is 3.93. The molecule has 1 heterocycles. The number of oxime groups is 1. The van der Waals surface area contributed by atoms with Gasteiger partial charge in [0, 0.05) is 19.5 Å². The van der Waals surface area contributed by atoms with Crippen LogP contribution in [0.5, 0.6) is 0 Å². The summed E-state index contributed by atoms with van der Waals surface area (Å²) >= 11 is 1.11. The molecular weight excluding hydrogens is 276 g/mol. The van der Waals surface area contributed by atoms with Crippen LogP contribution in [0, 0.1) is 6.92 Å². The third kappa shape index (κ3) is 3.18. The van der Waals surface area contributed by atoms with Crippen molar-refractivity contribution in [3.63, 3.8) is 0 Å². The van der Waals surface area contributed by atoms with E-state index >= 15 is 0 Å². The fourth-order valence-corrected chi connectivity index (χ4v) is 3.97. The molecule has 102 valence electrons. The van der Waals surface area contributed by atoms with Crippen molar-refractivity contribution in [1.29, 1.82) is 0 Å². The van der Waals surface area contributed by atoms with Crippen molar-refractivity contribution in [2.45, 2.75) is 30.5 Å². The predicted molar refractivity (Wildman–Crippen MR) is 69.3 cm³/mol. The number of hydrogen-bond donors (Lipinski definition) is 2. The molecule has 0 spiro atoms. The lowest BCUT2D eigenvalue weighted by Crippen LogP contribution is -2.37. The second-order valence-electron chi connectivity index (χ2n) is 3.86. The van der Waals surface area contributed by atoms with Crippen molar-refractivity contribution in [2.24, 2.45) is 10.9 Å². The quantitative estimate of drug-likeness (QED) is 0.357. The molecule has 1 rings (SSSR count). The van der Waals surface area contributed by atoms with Gasteiger partial charge in [-0.05, 0) is 13.8 Å². The molecule has 0 saturated carbocycles. The van der Waals surface area contributed by atoms with Crippen molar-refractivity contribution >= 4 is 27.2 Å². The van der Waals surface area contributed by atoms with Gasteiger partial charge in [0.15, 0.2) is 4.21 Å². The van der Waals surface area contributed by atoms with E-state index in [1.165, 1.54) is 17.5 Å². The molecule has 1 aromatic heterocycles. The molecule has 0 amide bonds. The molecule has 1 atom stereocenters. The maximum Gasteiger partial charge on any atom is 0.254 e. The summed E-state index contributed by atoms with van der Waals surface area (Å²) in [5, 5.41) is 12.0. The Hall–Kier alpha value is -1.19. The molecule has 0 bridgehead atoms. The second kappa shape index (κ2) is 5.63. The van der Waals surface area contributed by atoms with E-state index in [1.54, 1.807) is 13.8 Å². The maximum atomic E-state index is 12.2. The number of aromatic nitrogens is 1. The Balaban J connectivity index is 2.92. The van der Waals surface area contributed by atoms with Crippen LogP contribution in [-0.2, 0) is 10.0 Å². The zero-order chi connectivity index (χ0) is 13.9. The number of nitrogens with two attached hydrogens (primary N) is 1. The fourth-order valence-electron chi connectivity index (χ4n) is 1.31. The monoisotopic (exact) mass is 292 g/mol. The highest BCUT2D eigenvalue weighted by atomic mass is 32.2. The summed E-state index contributed by atoms with van der Waals surface area (Å²) in [6.45, 7) is 3.42. The topological polar surface area (TPSA) is 109 Å². The highest BCUT2D eigenvalue weighted by molar-refractivity contribution is 7.91. The summed E-state index contributed by atoms with van der Waals surface area (Å²) in [5.74, 6) is -0.00923. The molecule has 1 aromatic rings. The molecule has 0 radical (unpaired) electrons. The summed E-state index contributed by atoms with van der Waals surface area (Å²) < 4.78 is 25.8. The first kappa shape index (κ1) is 14.9. The van der Waals surface area contributed by atoms with Crippen LogP contribution in [0.15, 0.2) is 15.6 Å². The van der Waals surface area contributed by atoms with Crippen molar-refractivity contribution < 1.29 is 13.6 Å². The third-order valence-corrected chi connectivity index (χ3v) is 5.81. The Morgan fingerprint density at radius 2 is 2.33 bits per heavy atom. The van der Waals surface area contributed by atoms with Gasteiger partial charge in [-0.25, -0.2) is 13.4 Å². The van der Waals surface area contributed by atoms with Gasteiger partial charge in [-0.2, -0.15) is 4.31 Å².